The van der Waals surface area contributed by atoms with Crippen LogP contribution in [0, 0.1) is 5.92 Å². The van der Waals surface area contributed by atoms with Crippen LogP contribution in [0.25, 0.3) is 0 Å². The summed E-state index contributed by atoms with van der Waals surface area (Å²) in [5, 5.41) is 9.40. The Bertz CT molecular complexity index is 225. The van der Waals surface area contributed by atoms with Crippen molar-refractivity contribution in [3.8, 4) is 0 Å². The number of carbonyl (C=O) groups is 1. The largest absolute Gasteiger partial charge is 0.391 e. The van der Waals surface area contributed by atoms with Crippen molar-refractivity contribution >= 4 is 5.91 Å². The van der Waals surface area contributed by atoms with Crippen molar-refractivity contribution in [2.75, 3.05) is 6.54 Å². The Hall–Kier alpha value is -0.570. The Labute approximate surface area is 85.1 Å². The summed E-state index contributed by atoms with van der Waals surface area (Å²) in [6.45, 7) is 2.69. The molecule has 2 unspecified atom stereocenters. The van der Waals surface area contributed by atoms with E-state index >= 15 is 0 Å². The van der Waals surface area contributed by atoms with E-state index in [9.17, 15) is 9.90 Å². The number of aliphatic hydroxyl groups excluding tert-OH is 1. The summed E-state index contributed by atoms with van der Waals surface area (Å²) in [5.41, 5.74) is 0. The molecule has 0 aromatic heterocycles. The number of carbonyl (C=O) groups excluding carboxylic acids is 1. The Balaban J connectivity index is 1.92. The average molecular weight is 197 g/mol. The zero-order valence-corrected chi connectivity index (χ0v) is 8.78. The van der Waals surface area contributed by atoms with Gasteiger partial charge in [0, 0.05) is 12.6 Å². The van der Waals surface area contributed by atoms with Crippen LogP contribution in [0.2, 0.25) is 0 Å². The molecule has 2 atom stereocenters. The molecule has 2 aliphatic rings. The number of hydrogen-bond donors (Lipinski definition) is 1. The van der Waals surface area contributed by atoms with Crippen LogP contribution in [0.1, 0.15) is 39.0 Å². The third kappa shape index (κ3) is 2.08. The van der Waals surface area contributed by atoms with Crippen molar-refractivity contribution in [1.82, 2.24) is 4.90 Å². The molecule has 1 aliphatic heterocycles. The predicted octanol–water partition coefficient (Wildman–Crippen LogP) is 1.16. The lowest BCUT2D eigenvalue weighted by Gasteiger charge is -2.26. The first-order chi connectivity index (χ1) is 6.70. The van der Waals surface area contributed by atoms with Crippen molar-refractivity contribution in [1.29, 1.82) is 0 Å². The molecular formula is C11H19NO2. The quantitative estimate of drug-likeness (QED) is 0.734. The molecule has 1 heterocycles. The Morgan fingerprint density at radius 3 is 2.71 bits per heavy atom. The number of hydrogen-bond acceptors (Lipinski definition) is 2. The summed E-state index contributed by atoms with van der Waals surface area (Å²) in [4.78, 5) is 13.4. The predicted molar refractivity (Wildman–Crippen MR) is 53.8 cm³/mol. The minimum Gasteiger partial charge on any atom is -0.391 e. The summed E-state index contributed by atoms with van der Waals surface area (Å²) < 4.78 is 0. The Morgan fingerprint density at radius 1 is 1.57 bits per heavy atom. The van der Waals surface area contributed by atoms with Gasteiger partial charge < -0.3 is 10.0 Å². The fourth-order valence-electron chi connectivity index (χ4n) is 2.32. The van der Waals surface area contributed by atoms with E-state index in [2.05, 4.69) is 6.92 Å². The Kier molecular flexibility index (Phi) is 2.77. The second-order valence-electron chi connectivity index (χ2n) is 4.65. The van der Waals surface area contributed by atoms with E-state index in [1.807, 2.05) is 4.90 Å². The molecule has 0 spiro atoms. The third-order valence-corrected chi connectivity index (χ3v) is 3.35. The van der Waals surface area contributed by atoms with Crippen LogP contribution in [0.3, 0.4) is 0 Å². The molecule has 0 aromatic carbocycles. The summed E-state index contributed by atoms with van der Waals surface area (Å²) in [5.74, 6) is 0.996. The van der Waals surface area contributed by atoms with E-state index in [4.69, 9.17) is 0 Å². The summed E-state index contributed by atoms with van der Waals surface area (Å²) in [6, 6.07) is 0.382. The third-order valence-electron chi connectivity index (χ3n) is 3.35. The normalized spacial score (nSPS) is 29.7. The molecule has 80 valence electrons. The molecule has 1 amide bonds. The van der Waals surface area contributed by atoms with Gasteiger partial charge in [0.2, 0.25) is 5.91 Å². The first-order valence-corrected chi connectivity index (χ1v) is 5.68. The van der Waals surface area contributed by atoms with Crippen LogP contribution in [-0.2, 0) is 4.79 Å². The average Bonchev–Trinajstić information content (AvgIpc) is 2.89. The van der Waals surface area contributed by atoms with Gasteiger partial charge in [-0.05, 0) is 18.8 Å². The molecule has 14 heavy (non-hydrogen) atoms. The van der Waals surface area contributed by atoms with Gasteiger partial charge in [-0.1, -0.05) is 19.8 Å². The first-order valence-electron chi connectivity index (χ1n) is 5.68. The van der Waals surface area contributed by atoms with Crippen molar-refractivity contribution in [3.05, 3.63) is 0 Å². The molecule has 3 nitrogen and oxygen atoms in total. The lowest BCUT2D eigenvalue weighted by Crippen LogP contribution is -2.36. The molecular weight excluding hydrogens is 178 g/mol. The standard InChI is InChI=1S/C11H19NO2/c1-2-9(5-8-3-4-8)12-7-10(13)6-11(12)14/h8-10,13H,2-7H2,1H3. The highest BCUT2D eigenvalue weighted by atomic mass is 16.3. The van der Waals surface area contributed by atoms with Gasteiger partial charge in [0.15, 0.2) is 0 Å². The van der Waals surface area contributed by atoms with Gasteiger partial charge in [0.25, 0.3) is 0 Å². The fraction of sp³-hybridized carbons (Fsp3) is 0.909. The van der Waals surface area contributed by atoms with E-state index in [0.29, 0.717) is 19.0 Å². The van der Waals surface area contributed by atoms with Gasteiger partial charge in [-0.25, -0.2) is 0 Å². The van der Waals surface area contributed by atoms with Crippen molar-refractivity contribution in [2.24, 2.45) is 5.92 Å². The van der Waals surface area contributed by atoms with Crippen LogP contribution in [0.15, 0.2) is 0 Å². The zero-order chi connectivity index (χ0) is 10.1. The highest BCUT2D eigenvalue weighted by molar-refractivity contribution is 5.79. The van der Waals surface area contributed by atoms with Gasteiger partial charge in [-0.3, -0.25) is 4.79 Å². The zero-order valence-electron chi connectivity index (χ0n) is 8.78. The summed E-state index contributed by atoms with van der Waals surface area (Å²) in [7, 11) is 0. The molecule has 0 radical (unpaired) electrons. The molecule has 1 saturated heterocycles. The van der Waals surface area contributed by atoms with Crippen LogP contribution >= 0.6 is 0 Å². The van der Waals surface area contributed by atoms with Crippen molar-refractivity contribution in [3.63, 3.8) is 0 Å². The molecule has 1 N–H and O–H groups in total. The minimum atomic E-state index is -0.421. The van der Waals surface area contributed by atoms with Gasteiger partial charge in [-0.2, -0.15) is 0 Å². The fourth-order valence-corrected chi connectivity index (χ4v) is 2.32. The lowest BCUT2D eigenvalue weighted by molar-refractivity contribution is -0.130. The monoisotopic (exact) mass is 197 g/mol. The number of amides is 1. The summed E-state index contributed by atoms with van der Waals surface area (Å²) in [6.07, 6.45) is 4.75. The highest BCUT2D eigenvalue weighted by Crippen LogP contribution is 2.36. The van der Waals surface area contributed by atoms with Crippen molar-refractivity contribution < 1.29 is 9.90 Å². The number of β-amino-alcohol motifs (C(OH)–C–C–N with tert-alkyl or cyclic N) is 1. The van der Waals surface area contributed by atoms with Gasteiger partial charge in [0.1, 0.15) is 0 Å². The maximum Gasteiger partial charge on any atom is 0.225 e. The molecule has 0 aromatic rings. The van der Waals surface area contributed by atoms with Crippen LogP contribution in [-0.4, -0.2) is 34.6 Å². The first kappa shape index (κ1) is 9.97. The molecule has 1 aliphatic carbocycles. The Morgan fingerprint density at radius 2 is 2.29 bits per heavy atom. The maximum atomic E-state index is 11.6. The SMILES string of the molecule is CCC(CC1CC1)N1CC(O)CC1=O. The van der Waals surface area contributed by atoms with Gasteiger partial charge in [-0.15, -0.1) is 0 Å². The molecule has 3 heteroatoms. The van der Waals surface area contributed by atoms with Gasteiger partial charge in [0.05, 0.1) is 12.5 Å². The van der Waals surface area contributed by atoms with E-state index in [0.717, 1.165) is 18.8 Å². The van der Waals surface area contributed by atoms with Crippen molar-refractivity contribution in [2.45, 2.75) is 51.2 Å². The second kappa shape index (κ2) is 3.89. The maximum absolute atomic E-state index is 11.6. The number of aliphatic hydroxyl groups is 1. The highest BCUT2D eigenvalue weighted by Gasteiger charge is 2.35. The smallest absolute Gasteiger partial charge is 0.225 e. The molecule has 1 saturated carbocycles. The van der Waals surface area contributed by atoms with Gasteiger partial charge >= 0.3 is 0 Å². The van der Waals surface area contributed by atoms with Crippen LogP contribution in [0.4, 0.5) is 0 Å². The van der Waals surface area contributed by atoms with E-state index in [-0.39, 0.29) is 5.91 Å². The number of likely N-dealkylation sites (tertiary alicyclic amines) is 1. The van der Waals surface area contributed by atoms with Crippen LogP contribution in [0.5, 0.6) is 0 Å². The summed E-state index contributed by atoms with van der Waals surface area (Å²) >= 11 is 0. The molecule has 2 rings (SSSR count). The van der Waals surface area contributed by atoms with Crippen LogP contribution < -0.4 is 0 Å². The topological polar surface area (TPSA) is 40.5 Å². The second-order valence-corrected chi connectivity index (χ2v) is 4.65. The number of nitrogens with zero attached hydrogens (tertiary/aromatic N) is 1. The molecule has 2 fully saturated rings. The lowest BCUT2D eigenvalue weighted by atomic mass is 10.1. The minimum absolute atomic E-state index is 0.144. The van der Waals surface area contributed by atoms with E-state index in [1.165, 1.54) is 12.8 Å². The van der Waals surface area contributed by atoms with E-state index < -0.39 is 6.10 Å². The molecule has 0 bridgehead atoms. The number of rotatable bonds is 4. The van der Waals surface area contributed by atoms with E-state index in [1.54, 1.807) is 0 Å².